The van der Waals surface area contributed by atoms with E-state index < -0.39 is 0 Å². The van der Waals surface area contributed by atoms with Gasteiger partial charge in [-0.3, -0.25) is 4.68 Å². The lowest BCUT2D eigenvalue weighted by Crippen LogP contribution is -2.14. The molecule has 0 aliphatic heterocycles. The van der Waals surface area contributed by atoms with Gasteiger partial charge in [0.05, 0.1) is 5.69 Å². The smallest absolute Gasteiger partial charge is 0.0638 e. The highest BCUT2D eigenvalue weighted by Crippen LogP contribution is 2.06. The number of aromatic nitrogens is 2. The fraction of sp³-hybridized carbons (Fsp3) is 0.786. The first-order valence-electron chi connectivity index (χ1n) is 7.01. The van der Waals surface area contributed by atoms with Gasteiger partial charge in [0.2, 0.25) is 0 Å². The number of aryl methyl sites for hydroxylation is 2. The lowest BCUT2D eigenvalue weighted by Gasteiger charge is -2.03. The van der Waals surface area contributed by atoms with Crippen molar-refractivity contribution in [3.63, 3.8) is 0 Å². The van der Waals surface area contributed by atoms with Gasteiger partial charge >= 0.3 is 0 Å². The topological polar surface area (TPSA) is 29.9 Å². The van der Waals surface area contributed by atoms with Gasteiger partial charge in [-0.2, -0.15) is 5.10 Å². The molecule has 0 amide bonds. The van der Waals surface area contributed by atoms with Crippen molar-refractivity contribution in [2.75, 3.05) is 6.54 Å². The van der Waals surface area contributed by atoms with Crippen LogP contribution in [0.15, 0.2) is 6.20 Å². The van der Waals surface area contributed by atoms with Gasteiger partial charge in [0.1, 0.15) is 0 Å². The maximum absolute atomic E-state index is 4.51. The van der Waals surface area contributed by atoms with E-state index in [1.165, 1.54) is 36.9 Å². The van der Waals surface area contributed by atoms with Crippen LogP contribution in [0.2, 0.25) is 0 Å². The molecule has 0 fully saturated rings. The third-order valence-corrected chi connectivity index (χ3v) is 3.02. The summed E-state index contributed by atoms with van der Waals surface area (Å²) >= 11 is 0. The van der Waals surface area contributed by atoms with Crippen molar-refractivity contribution >= 4 is 12.4 Å². The summed E-state index contributed by atoms with van der Waals surface area (Å²) in [5.41, 5.74) is 2.51. The van der Waals surface area contributed by atoms with E-state index >= 15 is 0 Å². The van der Waals surface area contributed by atoms with Crippen LogP contribution < -0.4 is 5.32 Å². The molecule has 1 aromatic rings. The van der Waals surface area contributed by atoms with Gasteiger partial charge in [0, 0.05) is 24.8 Å². The first kappa shape index (κ1) is 17.5. The Labute approximate surface area is 118 Å². The summed E-state index contributed by atoms with van der Waals surface area (Å²) in [5, 5.41) is 8.01. The van der Waals surface area contributed by atoms with Gasteiger partial charge in [-0.05, 0) is 26.3 Å². The van der Waals surface area contributed by atoms with Crippen molar-refractivity contribution in [2.45, 2.75) is 66.0 Å². The zero-order valence-electron chi connectivity index (χ0n) is 12.0. The highest BCUT2D eigenvalue weighted by molar-refractivity contribution is 5.85. The molecular formula is C14H28ClN3. The molecule has 0 atom stereocenters. The van der Waals surface area contributed by atoms with Crippen LogP contribution in [-0.4, -0.2) is 16.3 Å². The van der Waals surface area contributed by atoms with Gasteiger partial charge < -0.3 is 5.32 Å². The second kappa shape index (κ2) is 10.4. The van der Waals surface area contributed by atoms with Crippen molar-refractivity contribution in [2.24, 2.45) is 0 Å². The minimum Gasteiger partial charge on any atom is -0.313 e. The Hall–Kier alpha value is -0.540. The van der Waals surface area contributed by atoms with Gasteiger partial charge in [-0.1, -0.05) is 33.1 Å². The Morgan fingerprint density at radius 2 is 1.94 bits per heavy atom. The van der Waals surface area contributed by atoms with Crippen LogP contribution in [0.4, 0.5) is 0 Å². The molecular weight excluding hydrogens is 246 g/mol. The van der Waals surface area contributed by atoms with E-state index in [-0.39, 0.29) is 12.4 Å². The number of nitrogens with one attached hydrogen (secondary N) is 1. The maximum Gasteiger partial charge on any atom is 0.0638 e. The Kier molecular flexibility index (Phi) is 10.1. The molecule has 0 saturated heterocycles. The normalized spacial score (nSPS) is 10.4. The number of hydrogen-bond donors (Lipinski definition) is 1. The second-order valence-corrected chi connectivity index (χ2v) is 4.74. The summed E-state index contributed by atoms with van der Waals surface area (Å²) in [6.45, 7) is 9.64. The SMILES string of the molecule is CCCCCCNCc1cn(CCC)nc1C.Cl. The molecule has 0 aromatic carbocycles. The van der Waals surface area contributed by atoms with Gasteiger partial charge in [0.25, 0.3) is 0 Å². The van der Waals surface area contributed by atoms with Gasteiger partial charge in [-0.15, -0.1) is 12.4 Å². The molecule has 18 heavy (non-hydrogen) atoms. The first-order chi connectivity index (χ1) is 8.27. The van der Waals surface area contributed by atoms with Gasteiger partial charge in [0.15, 0.2) is 0 Å². The molecule has 1 rings (SSSR count). The molecule has 0 spiro atoms. The van der Waals surface area contributed by atoms with Crippen molar-refractivity contribution in [1.82, 2.24) is 15.1 Å². The molecule has 0 aliphatic rings. The minimum absolute atomic E-state index is 0. The van der Waals surface area contributed by atoms with Crippen LogP contribution in [-0.2, 0) is 13.1 Å². The molecule has 4 heteroatoms. The van der Waals surface area contributed by atoms with Crippen LogP contribution in [0.25, 0.3) is 0 Å². The summed E-state index contributed by atoms with van der Waals surface area (Å²) in [4.78, 5) is 0. The predicted molar refractivity (Wildman–Crippen MR) is 80.4 cm³/mol. The molecule has 106 valence electrons. The van der Waals surface area contributed by atoms with Crippen molar-refractivity contribution < 1.29 is 0 Å². The number of rotatable bonds is 9. The summed E-state index contributed by atoms with van der Waals surface area (Å²) < 4.78 is 2.06. The van der Waals surface area contributed by atoms with Crippen LogP contribution in [0.1, 0.15) is 57.2 Å². The third-order valence-electron chi connectivity index (χ3n) is 3.02. The quantitative estimate of drug-likeness (QED) is 0.696. The van der Waals surface area contributed by atoms with E-state index in [9.17, 15) is 0 Å². The van der Waals surface area contributed by atoms with Crippen molar-refractivity contribution in [3.8, 4) is 0 Å². The Bertz CT molecular complexity index is 310. The molecule has 3 nitrogen and oxygen atoms in total. The lowest BCUT2D eigenvalue weighted by atomic mass is 10.2. The molecule has 0 aliphatic carbocycles. The van der Waals surface area contributed by atoms with E-state index in [2.05, 4.69) is 42.1 Å². The standard InChI is InChI=1S/C14H27N3.ClH/c1-4-6-7-8-9-15-11-14-12-17(10-5-2)16-13(14)3;/h12,15H,4-11H2,1-3H3;1H. The third kappa shape index (κ3) is 6.41. The minimum atomic E-state index is 0. The Morgan fingerprint density at radius 1 is 1.17 bits per heavy atom. The average molecular weight is 274 g/mol. The fourth-order valence-corrected chi connectivity index (χ4v) is 1.98. The monoisotopic (exact) mass is 273 g/mol. The largest absolute Gasteiger partial charge is 0.313 e. The predicted octanol–water partition coefficient (Wildman–Crippen LogP) is 3.69. The number of unbranched alkanes of at least 4 members (excludes halogenated alkanes) is 3. The summed E-state index contributed by atoms with van der Waals surface area (Å²) in [5.74, 6) is 0. The van der Waals surface area contributed by atoms with E-state index in [1.807, 2.05) is 0 Å². The lowest BCUT2D eigenvalue weighted by molar-refractivity contribution is 0.592. The van der Waals surface area contributed by atoms with E-state index in [0.717, 1.165) is 26.1 Å². The van der Waals surface area contributed by atoms with Crippen LogP contribution in [0.3, 0.4) is 0 Å². The number of halogens is 1. The highest BCUT2D eigenvalue weighted by atomic mass is 35.5. The highest BCUT2D eigenvalue weighted by Gasteiger charge is 2.03. The summed E-state index contributed by atoms with van der Waals surface area (Å²) in [6, 6.07) is 0. The molecule has 1 heterocycles. The molecule has 1 N–H and O–H groups in total. The molecule has 0 radical (unpaired) electrons. The van der Waals surface area contributed by atoms with Crippen molar-refractivity contribution in [1.29, 1.82) is 0 Å². The maximum atomic E-state index is 4.51. The van der Waals surface area contributed by atoms with Crippen LogP contribution >= 0.6 is 12.4 Å². The Balaban J connectivity index is 0.00000289. The summed E-state index contributed by atoms with van der Waals surface area (Å²) in [7, 11) is 0. The Morgan fingerprint density at radius 3 is 2.61 bits per heavy atom. The van der Waals surface area contributed by atoms with Crippen molar-refractivity contribution in [3.05, 3.63) is 17.5 Å². The number of nitrogens with zero attached hydrogens (tertiary/aromatic N) is 2. The first-order valence-corrected chi connectivity index (χ1v) is 7.01. The zero-order valence-corrected chi connectivity index (χ0v) is 12.9. The van der Waals surface area contributed by atoms with E-state index in [1.54, 1.807) is 0 Å². The second-order valence-electron chi connectivity index (χ2n) is 4.74. The van der Waals surface area contributed by atoms with E-state index in [0.29, 0.717) is 0 Å². The van der Waals surface area contributed by atoms with Gasteiger partial charge in [-0.25, -0.2) is 0 Å². The van der Waals surface area contributed by atoms with Crippen LogP contribution in [0, 0.1) is 6.92 Å². The molecule has 0 unspecified atom stereocenters. The molecule has 0 bridgehead atoms. The van der Waals surface area contributed by atoms with Crippen LogP contribution in [0.5, 0.6) is 0 Å². The molecule has 1 aromatic heterocycles. The number of hydrogen-bond acceptors (Lipinski definition) is 2. The molecule has 0 saturated carbocycles. The summed E-state index contributed by atoms with van der Waals surface area (Å²) in [6.07, 6.45) is 8.62. The zero-order chi connectivity index (χ0) is 12.5. The fourth-order valence-electron chi connectivity index (χ4n) is 1.98. The van der Waals surface area contributed by atoms with E-state index in [4.69, 9.17) is 0 Å². The average Bonchev–Trinajstić information content (AvgIpc) is 2.65.